The fraction of sp³-hybridized carbons (Fsp3) is 0.367. The van der Waals surface area contributed by atoms with Gasteiger partial charge in [0.1, 0.15) is 0 Å². The van der Waals surface area contributed by atoms with Gasteiger partial charge in [0, 0.05) is 6.42 Å². The lowest BCUT2D eigenvalue weighted by atomic mass is 9.37. The Labute approximate surface area is 201 Å². The van der Waals surface area contributed by atoms with Crippen molar-refractivity contribution < 1.29 is 4.79 Å². The van der Waals surface area contributed by atoms with Crippen LogP contribution in [0.25, 0.3) is 0 Å². The van der Waals surface area contributed by atoms with E-state index in [1.165, 1.54) is 61.3 Å². The number of rotatable bonds is 13. The van der Waals surface area contributed by atoms with Crippen molar-refractivity contribution >= 4 is 29.0 Å². The van der Waals surface area contributed by atoms with Gasteiger partial charge in [-0.05, 0) is 6.42 Å². The van der Waals surface area contributed by atoms with Gasteiger partial charge in [0.25, 0.3) is 0 Å². The molecule has 0 atom stereocenters. The van der Waals surface area contributed by atoms with E-state index >= 15 is 0 Å². The third kappa shape index (κ3) is 11.1. The molecule has 0 spiro atoms. The molecule has 0 saturated heterocycles. The summed E-state index contributed by atoms with van der Waals surface area (Å²) in [6, 6.07) is 32.0. The fourth-order valence-electron chi connectivity index (χ4n) is 4.12. The highest BCUT2D eigenvalue weighted by Crippen LogP contribution is 2.10. The standard InChI is InChI=1S/C18H15B.C12H25NO/c1-4-10-16(11-5-1)19(17-12-6-2-7-13-17)18-14-8-3-9-15-18;1-2-3-4-5-6-7-8-9-10-11-12(13)14/h1-15H;2-11H2,1H3,(H2,13,14). The second-order valence-electron chi connectivity index (χ2n) is 8.71. The van der Waals surface area contributed by atoms with Crippen LogP contribution < -0.4 is 22.1 Å². The summed E-state index contributed by atoms with van der Waals surface area (Å²) in [4.78, 5) is 10.4. The average Bonchev–Trinajstić information content (AvgIpc) is 2.85. The van der Waals surface area contributed by atoms with Crippen LogP contribution in [0.1, 0.15) is 71.1 Å². The average molecular weight is 441 g/mol. The maximum Gasteiger partial charge on any atom is 0.241 e. The molecule has 2 nitrogen and oxygen atoms in total. The van der Waals surface area contributed by atoms with E-state index in [4.69, 9.17) is 5.73 Å². The number of hydrogen-bond donors (Lipinski definition) is 1. The van der Waals surface area contributed by atoms with E-state index in [1.807, 2.05) is 0 Å². The Balaban J connectivity index is 0.000000248. The summed E-state index contributed by atoms with van der Waals surface area (Å²) >= 11 is 0. The van der Waals surface area contributed by atoms with Gasteiger partial charge < -0.3 is 5.73 Å². The molecule has 3 aromatic carbocycles. The van der Waals surface area contributed by atoms with E-state index in [0.717, 1.165) is 12.8 Å². The van der Waals surface area contributed by atoms with Gasteiger partial charge in [-0.15, -0.1) is 0 Å². The van der Waals surface area contributed by atoms with Crippen molar-refractivity contribution in [3.05, 3.63) is 91.0 Å². The molecule has 3 heteroatoms. The first-order chi connectivity index (χ1) is 16.2. The van der Waals surface area contributed by atoms with Crippen LogP contribution in [-0.2, 0) is 4.79 Å². The van der Waals surface area contributed by atoms with Crippen LogP contribution in [0.4, 0.5) is 0 Å². The van der Waals surface area contributed by atoms with E-state index in [2.05, 4.69) is 97.9 Å². The summed E-state index contributed by atoms with van der Waals surface area (Å²) in [5, 5.41) is 0. The number of carbonyl (C=O) groups is 1. The van der Waals surface area contributed by atoms with Crippen molar-refractivity contribution in [2.45, 2.75) is 71.1 Å². The summed E-state index contributed by atoms with van der Waals surface area (Å²) in [5.41, 5.74) is 9.05. The molecule has 2 N–H and O–H groups in total. The van der Waals surface area contributed by atoms with Crippen molar-refractivity contribution in [3.63, 3.8) is 0 Å². The minimum atomic E-state index is -0.159. The smallest absolute Gasteiger partial charge is 0.241 e. The first kappa shape index (κ1) is 26.4. The maximum atomic E-state index is 10.4. The summed E-state index contributed by atoms with van der Waals surface area (Å²) < 4.78 is 0. The van der Waals surface area contributed by atoms with Crippen molar-refractivity contribution in [2.24, 2.45) is 5.73 Å². The molecule has 0 aliphatic carbocycles. The number of carbonyl (C=O) groups excluding carboxylic acids is 1. The van der Waals surface area contributed by atoms with Gasteiger partial charge >= 0.3 is 0 Å². The topological polar surface area (TPSA) is 43.1 Å². The zero-order chi connectivity index (χ0) is 23.6. The molecule has 0 aliphatic rings. The van der Waals surface area contributed by atoms with Gasteiger partial charge in [-0.2, -0.15) is 0 Å². The van der Waals surface area contributed by atoms with Crippen molar-refractivity contribution in [1.82, 2.24) is 0 Å². The number of nitrogens with two attached hydrogens (primary N) is 1. The second kappa shape index (κ2) is 16.8. The van der Waals surface area contributed by atoms with Gasteiger partial charge in [0.2, 0.25) is 12.6 Å². The number of hydrogen-bond acceptors (Lipinski definition) is 1. The Morgan fingerprint density at radius 2 is 0.909 bits per heavy atom. The highest BCUT2D eigenvalue weighted by molar-refractivity contribution is 6.95. The van der Waals surface area contributed by atoms with Crippen LogP contribution in [0.2, 0.25) is 0 Å². The lowest BCUT2D eigenvalue weighted by Crippen LogP contribution is -2.51. The zero-order valence-corrected chi connectivity index (χ0v) is 20.3. The molecule has 3 aromatic rings. The van der Waals surface area contributed by atoms with Gasteiger partial charge in [0.15, 0.2) is 0 Å². The predicted octanol–water partition coefficient (Wildman–Crippen LogP) is 5.60. The molecular formula is C30H40BNO. The number of benzene rings is 3. The molecule has 174 valence electrons. The number of amides is 1. The van der Waals surface area contributed by atoms with E-state index in [-0.39, 0.29) is 5.91 Å². The fourth-order valence-corrected chi connectivity index (χ4v) is 4.12. The molecule has 0 aromatic heterocycles. The van der Waals surface area contributed by atoms with E-state index in [0.29, 0.717) is 13.1 Å². The van der Waals surface area contributed by atoms with Crippen molar-refractivity contribution in [2.75, 3.05) is 0 Å². The predicted molar refractivity (Wildman–Crippen MR) is 145 cm³/mol. The summed E-state index contributed by atoms with van der Waals surface area (Å²) in [6.07, 6.45) is 12.1. The summed E-state index contributed by atoms with van der Waals surface area (Å²) in [6.45, 7) is 2.55. The van der Waals surface area contributed by atoms with Gasteiger partial charge in [0.05, 0.1) is 0 Å². The van der Waals surface area contributed by atoms with E-state index in [1.54, 1.807) is 0 Å². The van der Waals surface area contributed by atoms with E-state index in [9.17, 15) is 4.79 Å². The first-order valence-electron chi connectivity index (χ1n) is 12.7. The number of primary amides is 1. The SMILES string of the molecule is CCCCCCCCCCCC(N)=O.c1ccc(B(c2ccccc2)c2ccccc2)cc1. The third-order valence-corrected chi connectivity index (χ3v) is 5.93. The lowest BCUT2D eigenvalue weighted by molar-refractivity contribution is -0.118. The van der Waals surface area contributed by atoms with Crippen LogP contribution in [0.5, 0.6) is 0 Å². The molecule has 0 aliphatic heterocycles. The lowest BCUT2D eigenvalue weighted by Gasteiger charge is -2.15. The quantitative estimate of drug-likeness (QED) is 0.273. The van der Waals surface area contributed by atoms with Crippen LogP contribution >= 0.6 is 0 Å². The van der Waals surface area contributed by atoms with E-state index < -0.39 is 0 Å². The zero-order valence-electron chi connectivity index (χ0n) is 20.3. The Kier molecular flexibility index (Phi) is 13.4. The van der Waals surface area contributed by atoms with Gasteiger partial charge in [-0.25, -0.2) is 0 Å². The highest BCUT2D eigenvalue weighted by atomic mass is 16.1. The van der Waals surface area contributed by atoms with Crippen LogP contribution in [-0.4, -0.2) is 12.6 Å². The van der Waals surface area contributed by atoms with Gasteiger partial charge in [-0.3, -0.25) is 4.79 Å². The molecule has 0 saturated carbocycles. The Bertz CT molecular complexity index is 774. The largest absolute Gasteiger partial charge is 0.370 e. The van der Waals surface area contributed by atoms with Crippen LogP contribution in [0.15, 0.2) is 91.0 Å². The van der Waals surface area contributed by atoms with Gasteiger partial charge in [-0.1, -0.05) is 166 Å². The molecule has 0 heterocycles. The molecule has 3 rings (SSSR count). The number of unbranched alkanes of at least 4 members (excludes halogenated alkanes) is 8. The summed E-state index contributed by atoms with van der Waals surface area (Å²) in [7, 11) is 0. The Morgan fingerprint density at radius 1 is 0.576 bits per heavy atom. The first-order valence-corrected chi connectivity index (χ1v) is 12.7. The minimum Gasteiger partial charge on any atom is -0.370 e. The second-order valence-corrected chi connectivity index (χ2v) is 8.71. The minimum absolute atomic E-state index is 0.159. The van der Waals surface area contributed by atoms with Crippen molar-refractivity contribution in [1.29, 1.82) is 0 Å². The molecule has 0 bridgehead atoms. The normalized spacial score (nSPS) is 10.2. The highest BCUT2D eigenvalue weighted by Gasteiger charge is 2.20. The summed E-state index contributed by atoms with van der Waals surface area (Å²) in [5.74, 6) is -0.159. The van der Waals surface area contributed by atoms with Crippen LogP contribution in [0.3, 0.4) is 0 Å². The molecule has 0 radical (unpaired) electrons. The molecule has 0 fully saturated rings. The Hall–Kier alpha value is -2.81. The molecule has 33 heavy (non-hydrogen) atoms. The monoisotopic (exact) mass is 441 g/mol. The molecular weight excluding hydrogens is 401 g/mol. The molecule has 0 unspecified atom stereocenters. The molecule has 1 amide bonds. The van der Waals surface area contributed by atoms with Crippen molar-refractivity contribution in [3.8, 4) is 0 Å². The van der Waals surface area contributed by atoms with Crippen LogP contribution in [0, 0.1) is 0 Å². The third-order valence-electron chi connectivity index (χ3n) is 5.93. The Morgan fingerprint density at radius 3 is 1.24 bits per heavy atom. The maximum absolute atomic E-state index is 10.4.